The van der Waals surface area contributed by atoms with Crippen LogP contribution in [0.25, 0.3) is 0 Å². The van der Waals surface area contributed by atoms with Gasteiger partial charge in [-0.15, -0.1) is 0 Å². The molecule has 0 unspecified atom stereocenters. The molecule has 0 atom stereocenters. The molecule has 0 bridgehead atoms. The Morgan fingerprint density at radius 3 is 1.58 bits per heavy atom. The number of nitro groups is 2. The van der Waals surface area contributed by atoms with E-state index in [1.54, 1.807) is 0 Å². The lowest BCUT2D eigenvalue weighted by molar-refractivity contribution is -0.385. The van der Waals surface area contributed by atoms with Crippen LogP contribution in [0.15, 0.2) is 48.5 Å². The predicted molar refractivity (Wildman–Crippen MR) is 94.1 cm³/mol. The fourth-order valence-electron chi connectivity index (χ4n) is 2.99. The van der Waals surface area contributed by atoms with Gasteiger partial charge in [0.05, 0.1) is 9.85 Å². The Morgan fingerprint density at radius 2 is 1.31 bits per heavy atom. The van der Waals surface area contributed by atoms with Crippen molar-refractivity contribution in [2.24, 2.45) is 0 Å². The Balaban J connectivity index is 2.62. The second-order valence-electron chi connectivity index (χ2n) is 5.92. The minimum Gasteiger partial charge on any atom is -0.480 e. The second kappa shape index (κ2) is 7.73. The van der Waals surface area contributed by atoms with Crippen LogP contribution >= 0.6 is 0 Å². The summed E-state index contributed by atoms with van der Waals surface area (Å²) in [5.41, 5.74) is -0.893. The Labute approximate surface area is 149 Å². The first-order valence-corrected chi connectivity index (χ1v) is 8.06. The van der Waals surface area contributed by atoms with Gasteiger partial charge in [0, 0.05) is 24.3 Å². The summed E-state index contributed by atoms with van der Waals surface area (Å²) >= 11 is 0. The number of nitro benzene ring substituents is 2. The number of nitrogens with zero attached hydrogens (tertiary/aromatic N) is 2. The first kappa shape index (κ1) is 19.0. The van der Waals surface area contributed by atoms with Crippen LogP contribution in [-0.4, -0.2) is 20.9 Å². The zero-order chi connectivity index (χ0) is 19.3. The van der Waals surface area contributed by atoms with Gasteiger partial charge >= 0.3 is 5.97 Å². The number of carboxylic acids is 1. The molecular formula is C18H18N2O6. The summed E-state index contributed by atoms with van der Waals surface area (Å²) in [6, 6.07) is 10.8. The van der Waals surface area contributed by atoms with Gasteiger partial charge < -0.3 is 5.11 Å². The van der Waals surface area contributed by atoms with Crippen molar-refractivity contribution in [3.05, 3.63) is 79.9 Å². The normalized spacial score (nSPS) is 11.1. The van der Waals surface area contributed by atoms with Gasteiger partial charge in [0.15, 0.2) is 0 Å². The van der Waals surface area contributed by atoms with Gasteiger partial charge in [0.1, 0.15) is 5.41 Å². The number of unbranched alkanes of at least 4 members (excludes halogenated alkanes) is 1. The molecule has 0 aliphatic rings. The van der Waals surface area contributed by atoms with Gasteiger partial charge in [-0.3, -0.25) is 25.0 Å². The number of aliphatic carboxylic acids is 1. The van der Waals surface area contributed by atoms with Crippen LogP contribution in [-0.2, 0) is 10.2 Å². The average Bonchev–Trinajstić information content (AvgIpc) is 2.63. The van der Waals surface area contributed by atoms with Crippen molar-refractivity contribution in [3.8, 4) is 0 Å². The van der Waals surface area contributed by atoms with Crippen LogP contribution in [0.1, 0.15) is 37.3 Å². The summed E-state index contributed by atoms with van der Waals surface area (Å²) in [5.74, 6) is -1.10. The molecule has 0 aromatic heterocycles. The number of rotatable bonds is 8. The monoisotopic (exact) mass is 358 g/mol. The van der Waals surface area contributed by atoms with E-state index in [1.165, 1.54) is 48.5 Å². The van der Waals surface area contributed by atoms with Crippen LogP contribution < -0.4 is 0 Å². The zero-order valence-corrected chi connectivity index (χ0v) is 14.1. The molecule has 26 heavy (non-hydrogen) atoms. The molecule has 2 rings (SSSR count). The predicted octanol–water partition coefficient (Wildman–Crippen LogP) is 4.06. The van der Waals surface area contributed by atoms with Crippen LogP contribution in [0.2, 0.25) is 0 Å². The molecule has 0 saturated heterocycles. The molecule has 8 nitrogen and oxygen atoms in total. The smallest absolute Gasteiger partial charge is 0.318 e. The van der Waals surface area contributed by atoms with E-state index < -0.39 is 21.2 Å². The largest absolute Gasteiger partial charge is 0.480 e. The molecule has 0 aliphatic heterocycles. The van der Waals surface area contributed by atoms with E-state index in [1.807, 2.05) is 6.92 Å². The van der Waals surface area contributed by atoms with Crippen molar-refractivity contribution in [3.63, 3.8) is 0 Å². The Bertz CT molecular complexity index is 757. The topological polar surface area (TPSA) is 124 Å². The first-order chi connectivity index (χ1) is 12.3. The third-order valence-corrected chi connectivity index (χ3v) is 4.41. The lowest BCUT2D eigenvalue weighted by Crippen LogP contribution is -2.37. The maximum absolute atomic E-state index is 12.3. The van der Waals surface area contributed by atoms with Gasteiger partial charge in [-0.05, 0) is 17.5 Å². The molecule has 2 aromatic carbocycles. The van der Waals surface area contributed by atoms with Gasteiger partial charge in [0.25, 0.3) is 11.4 Å². The highest BCUT2D eigenvalue weighted by Gasteiger charge is 2.42. The molecule has 0 heterocycles. The van der Waals surface area contributed by atoms with E-state index in [-0.39, 0.29) is 17.8 Å². The summed E-state index contributed by atoms with van der Waals surface area (Å²) in [5, 5.41) is 31.8. The van der Waals surface area contributed by atoms with Gasteiger partial charge in [-0.25, -0.2) is 0 Å². The molecule has 136 valence electrons. The fraction of sp³-hybridized carbons (Fsp3) is 0.278. The Kier molecular flexibility index (Phi) is 5.66. The van der Waals surface area contributed by atoms with E-state index >= 15 is 0 Å². The summed E-state index contributed by atoms with van der Waals surface area (Å²) in [6.45, 7) is 1.93. The number of non-ortho nitro benzene ring substituents is 2. The quantitative estimate of drug-likeness (QED) is 0.560. The fourth-order valence-corrected chi connectivity index (χ4v) is 2.99. The maximum Gasteiger partial charge on any atom is 0.318 e. The van der Waals surface area contributed by atoms with Crippen molar-refractivity contribution < 1.29 is 19.7 Å². The van der Waals surface area contributed by atoms with Crippen molar-refractivity contribution in [2.75, 3.05) is 0 Å². The number of carbonyl (C=O) groups is 1. The van der Waals surface area contributed by atoms with Crippen molar-refractivity contribution >= 4 is 17.3 Å². The van der Waals surface area contributed by atoms with E-state index in [2.05, 4.69) is 0 Å². The number of hydrogen-bond donors (Lipinski definition) is 1. The van der Waals surface area contributed by atoms with Crippen molar-refractivity contribution in [2.45, 2.75) is 31.6 Å². The SMILES string of the molecule is CCCCC(C(=O)O)(c1ccc([N+](=O)[O-])cc1)c1ccc([N+](=O)[O-])cc1. The highest BCUT2D eigenvalue weighted by molar-refractivity contribution is 5.86. The second-order valence-corrected chi connectivity index (χ2v) is 5.92. The van der Waals surface area contributed by atoms with Gasteiger partial charge in [0.2, 0.25) is 0 Å². The molecule has 0 aliphatic carbocycles. The molecule has 8 heteroatoms. The Morgan fingerprint density at radius 1 is 0.923 bits per heavy atom. The molecule has 0 fully saturated rings. The molecule has 2 aromatic rings. The summed E-state index contributed by atoms with van der Waals surface area (Å²) in [7, 11) is 0. The van der Waals surface area contributed by atoms with Crippen LogP contribution in [0, 0.1) is 20.2 Å². The summed E-state index contributed by atoms with van der Waals surface area (Å²) in [6.07, 6.45) is 1.64. The lowest BCUT2D eigenvalue weighted by atomic mass is 9.71. The summed E-state index contributed by atoms with van der Waals surface area (Å²) in [4.78, 5) is 32.9. The maximum atomic E-state index is 12.3. The van der Waals surface area contributed by atoms with Gasteiger partial charge in [-0.1, -0.05) is 44.0 Å². The van der Waals surface area contributed by atoms with Crippen molar-refractivity contribution in [1.29, 1.82) is 0 Å². The van der Waals surface area contributed by atoms with E-state index in [9.17, 15) is 30.1 Å². The molecular weight excluding hydrogens is 340 g/mol. The minimum absolute atomic E-state index is 0.132. The highest BCUT2D eigenvalue weighted by Crippen LogP contribution is 2.39. The zero-order valence-electron chi connectivity index (χ0n) is 14.1. The summed E-state index contributed by atoms with van der Waals surface area (Å²) < 4.78 is 0. The first-order valence-electron chi connectivity index (χ1n) is 8.06. The highest BCUT2D eigenvalue weighted by atomic mass is 16.6. The third kappa shape index (κ3) is 3.53. The minimum atomic E-state index is -1.43. The standard InChI is InChI=1S/C18H18N2O6/c1-2-3-12-18(17(21)22,13-4-8-15(9-5-13)19(23)24)14-6-10-16(11-7-14)20(25)26/h4-11H,2-3,12H2,1H3,(H,21,22). The molecule has 1 N–H and O–H groups in total. The van der Waals surface area contributed by atoms with E-state index in [4.69, 9.17) is 0 Å². The van der Waals surface area contributed by atoms with E-state index in [0.717, 1.165) is 6.42 Å². The van der Waals surface area contributed by atoms with E-state index in [0.29, 0.717) is 17.5 Å². The third-order valence-electron chi connectivity index (χ3n) is 4.41. The molecule has 0 spiro atoms. The van der Waals surface area contributed by atoms with Crippen molar-refractivity contribution in [1.82, 2.24) is 0 Å². The average molecular weight is 358 g/mol. The van der Waals surface area contributed by atoms with Crippen LogP contribution in [0.3, 0.4) is 0 Å². The van der Waals surface area contributed by atoms with Crippen LogP contribution in [0.5, 0.6) is 0 Å². The number of carboxylic acid groups (broad SMARTS) is 1. The Hall–Kier alpha value is -3.29. The molecule has 0 radical (unpaired) electrons. The number of hydrogen-bond acceptors (Lipinski definition) is 5. The number of benzene rings is 2. The molecule has 0 amide bonds. The molecule has 0 saturated carbocycles. The lowest BCUT2D eigenvalue weighted by Gasteiger charge is -2.30. The van der Waals surface area contributed by atoms with Crippen LogP contribution in [0.4, 0.5) is 11.4 Å². The van der Waals surface area contributed by atoms with Gasteiger partial charge in [-0.2, -0.15) is 0 Å².